The number of nitriles is 1. The number of hydrogen-bond donors (Lipinski definition) is 1. The quantitative estimate of drug-likeness (QED) is 0.552. The zero-order chi connectivity index (χ0) is 24.8. The molecule has 178 valence electrons. The van der Waals surface area contributed by atoms with Crippen LogP contribution in [0.3, 0.4) is 0 Å². The smallest absolute Gasteiger partial charge is 0.255 e. The average Bonchev–Trinajstić information content (AvgIpc) is 2.90. The van der Waals surface area contributed by atoms with E-state index in [4.69, 9.17) is 10.00 Å². The van der Waals surface area contributed by atoms with E-state index in [9.17, 15) is 9.59 Å². The summed E-state index contributed by atoms with van der Waals surface area (Å²) in [5, 5.41) is 12.1. The number of piperidine rings is 1. The number of carbonyl (C=O) groups excluding carboxylic acids is 2. The van der Waals surface area contributed by atoms with E-state index in [2.05, 4.69) is 16.4 Å². The highest BCUT2D eigenvalue weighted by Crippen LogP contribution is 2.27. The van der Waals surface area contributed by atoms with Crippen LogP contribution in [0.4, 0.5) is 5.69 Å². The van der Waals surface area contributed by atoms with Gasteiger partial charge in [0.2, 0.25) is 0 Å². The van der Waals surface area contributed by atoms with Crippen LogP contribution in [0.1, 0.15) is 57.5 Å². The molecule has 2 heterocycles. The van der Waals surface area contributed by atoms with Crippen molar-refractivity contribution in [2.24, 2.45) is 0 Å². The minimum atomic E-state index is -0.284. The summed E-state index contributed by atoms with van der Waals surface area (Å²) in [5.74, 6) is 0.205. The van der Waals surface area contributed by atoms with Crippen molar-refractivity contribution in [1.29, 1.82) is 5.26 Å². The molecule has 1 aromatic heterocycles. The van der Waals surface area contributed by atoms with Crippen molar-refractivity contribution in [3.8, 4) is 11.8 Å². The maximum Gasteiger partial charge on any atom is 0.255 e. The lowest BCUT2D eigenvalue weighted by atomic mass is 10.0. The highest BCUT2D eigenvalue weighted by molar-refractivity contribution is 6.04. The third-order valence-electron chi connectivity index (χ3n) is 6.24. The van der Waals surface area contributed by atoms with E-state index < -0.39 is 0 Å². The molecule has 0 aliphatic carbocycles. The molecule has 1 fully saturated rings. The second-order valence-corrected chi connectivity index (χ2v) is 8.76. The fraction of sp³-hybridized carbons (Fsp3) is 0.286. The van der Waals surface area contributed by atoms with Crippen LogP contribution in [0, 0.1) is 18.3 Å². The molecule has 1 unspecified atom stereocenters. The van der Waals surface area contributed by atoms with Crippen molar-refractivity contribution in [1.82, 2.24) is 9.88 Å². The van der Waals surface area contributed by atoms with E-state index >= 15 is 0 Å². The molecule has 7 nitrogen and oxygen atoms in total. The van der Waals surface area contributed by atoms with Crippen molar-refractivity contribution >= 4 is 17.5 Å². The second kappa shape index (κ2) is 10.8. The predicted molar refractivity (Wildman–Crippen MR) is 133 cm³/mol. The Labute approximate surface area is 205 Å². The summed E-state index contributed by atoms with van der Waals surface area (Å²) in [6.07, 6.45) is 4.71. The Bertz CT molecular complexity index is 1240. The number of pyridine rings is 1. The van der Waals surface area contributed by atoms with Gasteiger partial charge in [-0.05, 0) is 55.3 Å². The predicted octanol–water partition coefficient (Wildman–Crippen LogP) is 4.95. The molecule has 2 amide bonds. The number of benzene rings is 2. The number of aryl methyl sites for hydroxylation is 1. The Hall–Kier alpha value is -4.18. The van der Waals surface area contributed by atoms with Crippen LogP contribution in [0.15, 0.2) is 67.0 Å². The number of hydrogen-bond acceptors (Lipinski definition) is 5. The minimum absolute atomic E-state index is 0.00899. The van der Waals surface area contributed by atoms with Gasteiger partial charge in [-0.15, -0.1) is 0 Å². The van der Waals surface area contributed by atoms with Gasteiger partial charge in [-0.1, -0.05) is 18.2 Å². The summed E-state index contributed by atoms with van der Waals surface area (Å²) >= 11 is 0. The van der Waals surface area contributed by atoms with E-state index in [1.807, 2.05) is 36.1 Å². The van der Waals surface area contributed by atoms with Gasteiger partial charge in [-0.2, -0.15) is 5.26 Å². The second-order valence-electron chi connectivity index (χ2n) is 8.76. The minimum Gasteiger partial charge on any atom is -0.490 e. The first-order valence-electron chi connectivity index (χ1n) is 11.7. The number of ether oxygens (including phenoxy) is 1. The van der Waals surface area contributed by atoms with Crippen LogP contribution < -0.4 is 10.1 Å². The number of anilines is 1. The first kappa shape index (κ1) is 24.0. The molecule has 2 aromatic carbocycles. The summed E-state index contributed by atoms with van der Waals surface area (Å²) in [6.45, 7) is 5.02. The molecular weight excluding hydrogens is 440 g/mol. The molecule has 0 saturated carbocycles. The molecule has 1 N–H and O–H groups in total. The number of nitrogens with one attached hydrogen (secondary N) is 1. The maximum atomic E-state index is 12.8. The molecule has 0 spiro atoms. The molecule has 1 atom stereocenters. The standard InChI is InChI=1S/C28H28N4O3/c1-19-6-7-24(31-27(33)23-5-3-4-22(16-23)20(2)18-29)17-26(19)35-25-10-14-32(15-11-25)28(34)21-8-12-30-13-9-21/h3-9,12-13,16-17,20,25H,10-11,14-15H2,1-2H3,(H,31,33). The summed E-state index contributed by atoms with van der Waals surface area (Å²) in [5.41, 5.74) is 3.56. The van der Waals surface area contributed by atoms with Crippen LogP contribution in [-0.2, 0) is 0 Å². The summed E-state index contributed by atoms with van der Waals surface area (Å²) in [4.78, 5) is 31.3. The maximum absolute atomic E-state index is 12.8. The number of likely N-dealkylation sites (tertiary alicyclic amines) is 1. The van der Waals surface area contributed by atoms with Gasteiger partial charge >= 0.3 is 0 Å². The highest BCUT2D eigenvalue weighted by atomic mass is 16.5. The number of carbonyl (C=O) groups is 2. The van der Waals surface area contributed by atoms with Gasteiger partial charge in [0.25, 0.3) is 11.8 Å². The van der Waals surface area contributed by atoms with Crippen LogP contribution >= 0.6 is 0 Å². The Balaban J connectivity index is 1.37. The molecule has 3 aromatic rings. The Morgan fingerprint density at radius 3 is 2.54 bits per heavy atom. The molecule has 0 bridgehead atoms. The van der Waals surface area contributed by atoms with E-state index in [-0.39, 0.29) is 23.8 Å². The summed E-state index contributed by atoms with van der Waals surface area (Å²) in [6, 6.07) is 18.4. The summed E-state index contributed by atoms with van der Waals surface area (Å²) in [7, 11) is 0. The third-order valence-corrected chi connectivity index (χ3v) is 6.24. The van der Waals surface area contributed by atoms with Crippen molar-refractivity contribution in [3.63, 3.8) is 0 Å². The van der Waals surface area contributed by atoms with Gasteiger partial charge in [0.1, 0.15) is 11.9 Å². The monoisotopic (exact) mass is 468 g/mol. The zero-order valence-electron chi connectivity index (χ0n) is 19.9. The fourth-order valence-corrected chi connectivity index (χ4v) is 4.07. The zero-order valence-corrected chi connectivity index (χ0v) is 19.9. The Kier molecular flexibility index (Phi) is 7.41. The van der Waals surface area contributed by atoms with Crippen molar-refractivity contribution in [2.45, 2.75) is 38.7 Å². The molecular formula is C28H28N4O3. The van der Waals surface area contributed by atoms with E-state index in [1.54, 1.807) is 49.6 Å². The molecule has 4 rings (SSSR count). The van der Waals surface area contributed by atoms with Gasteiger partial charge < -0.3 is 15.0 Å². The molecule has 1 aliphatic rings. The molecule has 7 heteroatoms. The summed E-state index contributed by atoms with van der Waals surface area (Å²) < 4.78 is 6.28. The molecule has 35 heavy (non-hydrogen) atoms. The van der Waals surface area contributed by atoms with Crippen LogP contribution in [-0.4, -0.2) is 40.9 Å². The SMILES string of the molecule is Cc1ccc(NC(=O)c2cccc(C(C)C#N)c2)cc1OC1CCN(C(=O)c2ccncc2)CC1. The van der Waals surface area contributed by atoms with Crippen LogP contribution in [0.25, 0.3) is 0 Å². The largest absolute Gasteiger partial charge is 0.490 e. The first-order valence-corrected chi connectivity index (χ1v) is 11.7. The Morgan fingerprint density at radius 1 is 1.09 bits per heavy atom. The van der Waals surface area contributed by atoms with Crippen LogP contribution in [0.2, 0.25) is 0 Å². The van der Waals surface area contributed by atoms with Gasteiger partial charge in [0.15, 0.2) is 0 Å². The highest BCUT2D eigenvalue weighted by Gasteiger charge is 2.25. The van der Waals surface area contributed by atoms with Gasteiger partial charge in [0, 0.05) is 61.2 Å². The number of nitrogens with zero attached hydrogens (tertiary/aromatic N) is 3. The molecule has 1 aliphatic heterocycles. The van der Waals surface area contributed by atoms with E-state index in [0.717, 1.165) is 24.0 Å². The van der Waals surface area contributed by atoms with Gasteiger partial charge in [-0.3, -0.25) is 14.6 Å². The molecule has 0 radical (unpaired) electrons. The Morgan fingerprint density at radius 2 is 1.83 bits per heavy atom. The van der Waals surface area contributed by atoms with Gasteiger partial charge in [-0.25, -0.2) is 0 Å². The number of amides is 2. The fourth-order valence-electron chi connectivity index (χ4n) is 4.07. The van der Waals surface area contributed by atoms with E-state index in [0.29, 0.717) is 35.7 Å². The van der Waals surface area contributed by atoms with E-state index in [1.165, 1.54) is 0 Å². The topological polar surface area (TPSA) is 95.3 Å². The number of rotatable bonds is 6. The normalized spacial score (nSPS) is 14.6. The van der Waals surface area contributed by atoms with Crippen LogP contribution in [0.5, 0.6) is 5.75 Å². The lowest BCUT2D eigenvalue weighted by Crippen LogP contribution is -2.41. The van der Waals surface area contributed by atoms with Crippen molar-refractivity contribution in [2.75, 3.05) is 18.4 Å². The molecule has 1 saturated heterocycles. The van der Waals surface area contributed by atoms with Crippen molar-refractivity contribution in [3.05, 3.63) is 89.2 Å². The average molecular weight is 469 g/mol. The lowest BCUT2D eigenvalue weighted by molar-refractivity contribution is 0.0594. The van der Waals surface area contributed by atoms with Gasteiger partial charge in [0.05, 0.1) is 12.0 Å². The first-order chi connectivity index (χ1) is 16.9. The third kappa shape index (κ3) is 5.85. The van der Waals surface area contributed by atoms with Crippen molar-refractivity contribution < 1.29 is 14.3 Å². The lowest BCUT2D eigenvalue weighted by Gasteiger charge is -2.32. The number of aromatic nitrogens is 1.